The molecule has 0 saturated carbocycles. The Bertz CT molecular complexity index is 1580. The predicted molar refractivity (Wildman–Crippen MR) is 157 cm³/mol. The Morgan fingerprint density at radius 2 is 1.61 bits per heavy atom. The van der Waals surface area contributed by atoms with Crippen LogP contribution in [-0.2, 0) is 14.3 Å². The van der Waals surface area contributed by atoms with E-state index >= 15 is 0 Å². The molecule has 2 N–H and O–H groups in total. The highest BCUT2D eigenvalue weighted by Crippen LogP contribution is 2.40. The standard InChI is InChI=1S/C31H30N4O6/c1-34(2)14-13-27(36)35(3)22-9-7-21(8-10-22)32-29(19-6-12-25-26(18-19)41-16-15-40-25)28-23-11-5-20(31(38)39-4)17-24(23)33-30(28)37/h5-12,15-18,32H,13-14H2,1-4H3,(H,33,37)/b29-28-. The van der Waals surface area contributed by atoms with Crippen LogP contribution in [-0.4, -0.2) is 57.5 Å². The monoisotopic (exact) mass is 554 g/mol. The largest absolute Gasteiger partial charge is 0.465 e. The van der Waals surface area contributed by atoms with E-state index in [1.807, 2.05) is 49.3 Å². The van der Waals surface area contributed by atoms with Gasteiger partial charge in [-0.15, -0.1) is 0 Å². The van der Waals surface area contributed by atoms with Crippen LogP contribution in [0.3, 0.4) is 0 Å². The molecule has 0 aromatic heterocycles. The third-order valence-electron chi connectivity index (χ3n) is 6.78. The molecule has 0 unspecified atom stereocenters. The van der Waals surface area contributed by atoms with Gasteiger partial charge in [-0.05, 0) is 68.7 Å². The van der Waals surface area contributed by atoms with Crippen molar-refractivity contribution in [1.82, 2.24) is 4.90 Å². The van der Waals surface area contributed by atoms with Gasteiger partial charge in [0, 0.05) is 42.5 Å². The van der Waals surface area contributed by atoms with E-state index in [0.29, 0.717) is 63.8 Å². The number of esters is 1. The molecular formula is C31H30N4O6. The van der Waals surface area contributed by atoms with Crippen molar-refractivity contribution in [2.45, 2.75) is 6.42 Å². The molecule has 41 heavy (non-hydrogen) atoms. The van der Waals surface area contributed by atoms with Crippen LogP contribution >= 0.6 is 0 Å². The van der Waals surface area contributed by atoms with Crippen molar-refractivity contribution in [1.29, 1.82) is 0 Å². The quantitative estimate of drug-likeness (QED) is 0.308. The van der Waals surface area contributed by atoms with Gasteiger partial charge < -0.3 is 34.6 Å². The third-order valence-corrected chi connectivity index (χ3v) is 6.78. The highest BCUT2D eigenvalue weighted by molar-refractivity contribution is 6.37. The lowest BCUT2D eigenvalue weighted by Gasteiger charge is -2.20. The second-order valence-corrected chi connectivity index (χ2v) is 9.80. The average Bonchev–Trinajstić information content (AvgIpc) is 3.32. The first-order valence-corrected chi connectivity index (χ1v) is 12.9. The molecule has 0 atom stereocenters. The molecule has 0 radical (unpaired) electrons. The zero-order chi connectivity index (χ0) is 29.1. The number of carbonyl (C=O) groups excluding carboxylic acids is 3. The second-order valence-electron chi connectivity index (χ2n) is 9.80. The minimum Gasteiger partial charge on any atom is -0.465 e. The molecule has 0 aliphatic carbocycles. The van der Waals surface area contributed by atoms with Crippen molar-refractivity contribution < 1.29 is 28.6 Å². The summed E-state index contributed by atoms with van der Waals surface area (Å²) in [4.78, 5) is 41.6. The Hall–Kier alpha value is -5.09. The van der Waals surface area contributed by atoms with Crippen molar-refractivity contribution >= 4 is 46.1 Å². The maximum Gasteiger partial charge on any atom is 0.337 e. The van der Waals surface area contributed by atoms with Gasteiger partial charge in [0.25, 0.3) is 5.91 Å². The first-order chi connectivity index (χ1) is 19.7. The van der Waals surface area contributed by atoms with Crippen LogP contribution in [0.4, 0.5) is 17.1 Å². The lowest BCUT2D eigenvalue weighted by Crippen LogP contribution is -2.29. The van der Waals surface area contributed by atoms with Gasteiger partial charge in [-0.2, -0.15) is 0 Å². The summed E-state index contributed by atoms with van der Waals surface area (Å²) in [6.07, 6.45) is 3.29. The Morgan fingerprint density at radius 1 is 0.902 bits per heavy atom. The number of benzene rings is 3. The van der Waals surface area contributed by atoms with Crippen molar-refractivity contribution in [2.24, 2.45) is 0 Å². The molecule has 0 saturated heterocycles. The van der Waals surface area contributed by atoms with Gasteiger partial charge in [-0.25, -0.2) is 4.79 Å². The molecule has 2 aliphatic rings. The first-order valence-electron chi connectivity index (χ1n) is 12.9. The molecule has 3 aromatic carbocycles. The summed E-state index contributed by atoms with van der Waals surface area (Å²) in [6, 6.07) is 17.7. The van der Waals surface area contributed by atoms with Crippen molar-refractivity contribution in [3.63, 3.8) is 0 Å². The number of nitrogens with zero attached hydrogens (tertiary/aromatic N) is 2. The Morgan fingerprint density at radius 3 is 2.32 bits per heavy atom. The first kappa shape index (κ1) is 27.5. The van der Waals surface area contributed by atoms with Gasteiger partial charge in [0.1, 0.15) is 12.5 Å². The normalized spacial score (nSPS) is 14.3. The number of hydrogen-bond donors (Lipinski definition) is 2. The second kappa shape index (κ2) is 11.6. The van der Waals surface area contributed by atoms with E-state index < -0.39 is 5.97 Å². The van der Waals surface area contributed by atoms with Crippen LogP contribution in [0.25, 0.3) is 11.3 Å². The van der Waals surface area contributed by atoms with Crippen LogP contribution in [0.1, 0.15) is 27.9 Å². The summed E-state index contributed by atoms with van der Waals surface area (Å²) in [5.41, 5.74) is 4.50. The number of methoxy groups -OCH3 is 1. The molecule has 2 aliphatic heterocycles. The Balaban J connectivity index is 1.52. The van der Waals surface area contributed by atoms with Crippen LogP contribution in [0, 0.1) is 0 Å². The van der Waals surface area contributed by atoms with Crippen LogP contribution in [0.15, 0.2) is 73.2 Å². The fraction of sp³-hybridized carbons (Fsp3) is 0.194. The molecule has 210 valence electrons. The summed E-state index contributed by atoms with van der Waals surface area (Å²) in [5.74, 6) is 0.229. The van der Waals surface area contributed by atoms with E-state index in [1.54, 1.807) is 42.3 Å². The smallest absolute Gasteiger partial charge is 0.337 e. The number of anilines is 3. The maximum atomic E-state index is 13.4. The van der Waals surface area contributed by atoms with E-state index in [0.717, 1.165) is 5.69 Å². The summed E-state index contributed by atoms with van der Waals surface area (Å²) < 4.78 is 16.0. The summed E-state index contributed by atoms with van der Waals surface area (Å²) in [5, 5.41) is 6.26. The lowest BCUT2D eigenvalue weighted by atomic mass is 9.98. The summed E-state index contributed by atoms with van der Waals surface area (Å²) in [6.45, 7) is 0.662. The number of carbonyl (C=O) groups is 3. The highest BCUT2D eigenvalue weighted by atomic mass is 16.5. The molecule has 2 heterocycles. The van der Waals surface area contributed by atoms with Gasteiger partial charge in [-0.1, -0.05) is 6.07 Å². The molecular weight excluding hydrogens is 524 g/mol. The molecule has 10 nitrogen and oxygen atoms in total. The van der Waals surface area contributed by atoms with Crippen LogP contribution < -0.4 is 25.0 Å². The van der Waals surface area contributed by atoms with Crippen LogP contribution in [0.5, 0.6) is 11.5 Å². The highest BCUT2D eigenvalue weighted by Gasteiger charge is 2.30. The number of rotatable bonds is 8. The number of fused-ring (bicyclic) bond motifs is 2. The van der Waals surface area contributed by atoms with Crippen LogP contribution in [0.2, 0.25) is 0 Å². The Kier molecular flexibility index (Phi) is 7.75. The molecule has 0 bridgehead atoms. The van der Waals surface area contributed by atoms with Crippen molar-refractivity contribution in [3.8, 4) is 11.5 Å². The van der Waals surface area contributed by atoms with Gasteiger partial charge in [0.05, 0.1) is 29.6 Å². The third kappa shape index (κ3) is 5.78. The van der Waals surface area contributed by atoms with E-state index in [1.165, 1.54) is 19.6 Å². The summed E-state index contributed by atoms with van der Waals surface area (Å²) >= 11 is 0. The molecule has 2 amide bonds. The predicted octanol–water partition coefficient (Wildman–Crippen LogP) is 4.56. The van der Waals surface area contributed by atoms with E-state index in [4.69, 9.17) is 14.2 Å². The minimum atomic E-state index is -0.497. The number of amides is 2. The van der Waals surface area contributed by atoms with E-state index in [-0.39, 0.29) is 11.8 Å². The fourth-order valence-corrected chi connectivity index (χ4v) is 4.54. The SMILES string of the molecule is COC(=O)c1ccc2c(c1)NC(=O)/C2=C(\Nc1ccc(N(C)C(=O)CCN(C)C)cc1)c1ccc2c(c1)OC=CO2. The molecule has 5 rings (SSSR count). The minimum absolute atomic E-state index is 0.0121. The van der Waals surface area contributed by atoms with Gasteiger partial charge >= 0.3 is 5.97 Å². The average molecular weight is 555 g/mol. The maximum absolute atomic E-state index is 13.4. The molecule has 0 spiro atoms. The zero-order valence-corrected chi connectivity index (χ0v) is 23.2. The Labute approximate surface area is 237 Å². The van der Waals surface area contributed by atoms with Crippen molar-refractivity contribution in [3.05, 3.63) is 89.9 Å². The number of nitrogens with one attached hydrogen (secondary N) is 2. The number of ether oxygens (including phenoxy) is 3. The topological polar surface area (TPSA) is 109 Å². The summed E-state index contributed by atoms with van der Waals surface area (Å²) in [7, 11) is 6.92. The van der Waals surface area contributed by atoms with Crippen molar-refractivity contribution in [2.75, 3.05) is 50.3 Å². The van der Waals surface area contributed by atoms with E-state index in [2.05, 4.69) is 10.6 Å². The van der Waals surface area contributed by atoms with Gasteiger partial charge in [-0.3, -0.25) is 9.59 Å². The molecule has 3 aromatic rings. The number of hydrogen-bond acceptors (Lipinski definition) is 8. The fourth-order valence-electron chi connectivity index (χ4n) is 4.54. The van der Waals surface area contributed by atoms with Gasteiger partial charge in [0.15, 0.2) is 11.5 Å². The lowest BCUT2D eigenvalue weighted by molar-refractivity contribution is -0.118. The molecule has 10 heteroatoms. The van der Waals surface area contributed by atoms with E-state index in [9.17, 15) is 14.4 Å². The zero-order valence-electron chi connectivity index (χ0n) is 23.2. The molecule has 0 fully saturated rings. The van der Waals surface area contributed by atoms with Gasteiger partial charge in [0.2, 0.25) is 5.91 Å².